The Morgan fingerprint density at radius 2 is 2.21 bits per heavy atom. The van der Waals surface area contributed by atoms with Gasteiger partial charge in [0.15, 0.2) is 0 Å². The van der Waals surface area contributed by atoms with Crippen LogP contribution in [0, 0.1) is 0 Å². The van der Waals surface area contributed by atoms with E-state index in [1.807, 2.05) is 6.07 Å². The Kier molecular flexibility index (Phi) is 4.87. The largest absolute Gasteiger partial charge is 0.398 e. The molecule has 0 aliphatic rings. The number of aryl methyl sites for hydroxylation is 1. The quantitative estimate of drug-likeness (QED) is 0.680. The molecule has 6 heteroatoms. The van der Waals surface area contributed by atoms with E-state index in [1.165, 1.54) is 6.07 Å². The van der Waals surface area contributed by atoms with Crippen LogP contribution >= 0.6 is 23.4 Å². The average molecular weight is 296 g/mol. The molecule has 19 heavy (non-hydrogen) atoms. The minimum atomic E-state index is -0.0323. The minimum Gasteiger partial charge on any atom is -0.398 e. The fraction of sp³-hybridized carbons (Fsp3) is 0.231. The lowest BCUT2D eigenvalue weighted by molar-refractivity contribution is 0.660. The zero-order valence-corrected chi connectivity index (χ0v) is 11.8. The van der Waals surface area contributed by atoms with Crippen LogP contribution in [-0.2, 0) is 6.54 Å². The molecule has 0 atom stereocenters. The number of hydrogen-bond donors (Lipinski definition) is 1. The Bertz CT molecular complexity index is 615. The summed E-state index contributed by atoms with van der Waals surface area (Å²) in [6.45, 7) is 0.640. The van der Waals surface area contributed by atoms with Crippen LogP contribution < -0.4 is 11.3 Å². The Hall–Kier alpha value is -1.46. The Labute approximate surface area is 120 Å². The lowest BCUT2D eigenvalue weighted by atomic mass is 10.4. The highest BCUT2D eigenvalue weighted by molar-refractivity contribution is 7.99. The fourth-order valence-corrected chi connectivity index (χ4v) is 2.70. The summed E-state index contributed by atoms with van der Waals surface area (Å²) in [5.74, 6) is 0.845. The molecule has 2 aromatic rings. The molecular formula is C13H14ClN3OS. The van der Waals surface area contributed by atoms with Gasteiger partial charge >= 0.3 is 0 Å². The van der Waals surface area contributed by atoms with E-state index in [0.717, 1.165) is 17.2 Å². The maximum Gasteiger partial charge on any atom is 0.250 e. The number of rotatable bonds is 5. The van der Waals surface area contributed by atoms with Crippen LogP contribution in [0.2, 0.25) is 5.02 Å². The van der Waals surface area contributed by atoms with Crippen LogP contribution in [0.15, 0.2) is 46.5 Å². The third-order valence-corrected chi connectivity index (χ3v) is 4.02. The number of nitrogen functional groups attached to an aromatic ring is 1. The lowest BCUT2D eigenvalue weighted by Gasteiger charge is -2.06. The highest BCUT2D eigenvalue weighted by atomic mass is 35.5. The van der Waals surface area contributed by atoms with Gasteiger partial charge in [-0.25, -0.2) is 4.98 Å². The molecule has 0 saturated heterocycles. The monoisotopic (exact) mass is 295 g/mol. The minimum absolute atomic E-state index is 0.0323. The summed E-state index contributed by atoms with van der Waals surface area (Å²) < 4.78 is 1.62. The Morgan fingerprint density at radius 1 is 1.37 bits per heavy atom. The second-order valence-corrected chi connectivity index (χ2v) is 5.48. The normalized spacial score (nSPS) is 10.6. The molecular weight excluding hydrogens is 282 g/mol. The smallest absolute Gasteiger partial charge is 0.250 e. The first-order chi connectivity index (χ1) is 9.16. The lowest BCUT2D eigenvalue weighted by Crippen LogP contribution is -2.19. The van der Waals surface area contributed by atoms with Crippen LogP contribution in [0.25, 0.3) is 0 Å². The molecule has 0 unspecified atom stereocenters. The van der Waals surface area contributed by atoms with E-state index in [9.17, 15) is 4.79 Å². The highest BCUT2D eigenvalue weighted by Gasteiger charge is 2.02. The number of nitrogens with two attached hydrogens (primary N) is 1. The molecule has 0 amide bonds. The van der Waals surface area contributed by atoms with Gasteiger partial charge in [0, 0.05) is 36.4 Å². The molecule has 0 aliphatic carbocycles. The first-order valence-electron chi connectivity index (χ1n) is 5.86. The Morgan fingerprint density at radius 3 is 3.00 bits per heavy atom. The van der Waals surface area contributed by atoms with Crippen LogP contribution in [0.4, 0.5) is 5.69 Å². The highest BCUT2D eigenvalue weighted by Crippen LogP contribution is 2.24. The van der Waals surface area contributed by atoms with Gasteiger partial charge in [-0.2, -0.15) is 0 Å². The van der Waals surface area contributed by atoms with Crippen LogP contribution in [-0.4, -0.2) is 15.3 Å². The first kappa shape index (κ1) is 14.0. The van der Waals surface area contributed by atoms with E-state index < -0.39 is 0 Å². The zero-order chi connectivity index (χ0) is 13.7. The van der Waals surface area contributed by atoms with Crippen molar-refractivity contribution in [2.45, 2.75) is 18.0 Å². The molecule has 0 fully saturated rings. The molecule has 2 N–H and O–H groups in total. The average Bonchev–Trinajstić information content (AvgIpc) is 2.40. The van der Waals surface area contributed by atoms with E-state index in [-0.39, 0.29) is 5.56 Å². The van der Waals surface area contributed by atoms with Gasteiger partial charge in [-0.05, 0) is 24.6 Å². The Balaban J connectivity index is 1.86. The van der Waals surface area contributed by atoms with Crippen LogP contribution in [0.5, 0.6) is 0 Å². The molecule has 2 aromatic heterocycles. The van der Waals surface area contributed by atoms with E-state index in [1.54, 1.807) is 40.9 Å². The maximum absolute atomic E-state index is 11.6. The number of pyridine rings is 2. The van der Waals surface area contributed by atoms with Gasteiger partial charge in [0.25, 0.3) is 5.56 Å². The second-order valence-electron chi connectivity index (χ2n) is 3.99. The zero-order valence-electron chi connectivity index (χ0n) is 10.3. The van der Waals surface area contributed by atoms with Gasteiger partial charge in [-0.3, -0.25) is 4.79 Å². The van der Waals surface area contributed by atoms with Crippen molar-refractivity contribution in [1.29, 1.82) is 0 Å². The van der Waals surface area contributed by atoms with Crippen molar-refractivity contribution < 1.29 is 0 Å². The van der Waals surface area contributed by atoms with E-state index >= 15 is 0 Å². The molecule has 2 rings (SSSR count). The topological polar surface area (TPSA) is 60.9 Å². The number of hydrogen-bond acceptors (Lipinski definition) is 4. The van der Waals surface area contributed by atoms with Gasteiger partial charge in [0.1, 0.15) is 5.03 Å². The van der Waals surface area contributed by atoms with Crippen molar-refractivity contribution in [2.75, 3.05) is 11.5 Å². The molecule has 0 aliphatic heterocycles. The standard InChI is InChI=1S/C13H14ClN3OS/c14-11-3-1-6-16-13(11)19-8-2-7-17-9-10(15)4-5-12(17)18/h1,3-6,9H,2,7-8,15H2. The van der Waals surface area contributed by atoms with Crippen molar-refractivity contribution >= 4 is 29.1 Å². The first-order valence-corrected chi connectivity index (χ1v) is 7.22. The van der Waals surface area contributed by atoms with Crippen LogP contribution in [0.3, 0.4) is 0 Å². The summed E-state index contributed by atoms with van der Waals surface area (Å²) >= 11 is 7.60. The van der Waals surface area contributed by atoms with Crippen molar-refractivity contribution in [3.05, 3.63) is 52.0 Å². The number of halogens is 1. The SMILES string of the molecule is Nc1ccc(=O)n(CCCSc2ncccc2Cl)c1. The van der Waals surface area contributed by atoms with E-state index in [2.05, 4.69) is 4.98 Å². The fourth-order valence-electron chi connectivity index (χ4n) is 1.61. The summed E-state index contributed by atoms with van der Waals surface area (Å²) in [5.41, 5.74) is 6.22. The predicted molar refractivity (Wildman–Crippen MR) is 79.7 cm³/mol. The van der Waals surface area contributed by atoms with Gasteiger partial charge in [0.2, 0.25) is 0 Å². The van der Waals surface area contributed by atoms with Gasteiger partial charge in [-0.15, -0.1) is 11.8 Å². The van der Waals surface area contributed by atoms with Gasteiger partial charge in [-0.1, -0.05) is 11.6 Å². The summed E-state index contributed by atoms with van der Waals surface area (Å²) in [6, 6.07) is 6.72. The third-order valence-electron chi connectivity index (χ3n) is 2.51. The molecule has 2 heterocycles. The maximum atomic E-state index is 11.6. The molecule has 100 valence electrons. The number of aromatic nitrogens is 2. The summed E-state index contributed by atoms with van der Waals surface area (Å²) in [5, 5.41) is 1.48. The van der Waals surface area contributed by atoms with Crippen molar-refractivity contribution in [3.8, 4) is 0 Å². The van der Waals surface area contributed by atoms with Crippen molar-refractivity contribution in [1.82, 2.24) is 9.55 Å². The molecule has 0 spiro atoms. The number of anilines is 1. The van der Waals surface area contributed by atoms with Crippen molar-refractivity contribution in [3.63, 3.8) is 0 Å². The predicted octanol–water partition coefficient (Wildman–Crippen LogP) is 2.66. The molecule has 0 aromatic carbocycles. The molecule has 0 radical (unpaired) electrons. The second kappa shape index (κ2) is 6.63. The molecule has 4 nitrogen and oxygen atoms in total. The van der Waals surface area contributed by atoms with E-state index in [0.29, 0.717) is 17.3 Å². The van der Waals surface area contributed by atoms with Crippen molar-refractivity contribution in [2.24, 2.45) is 0 Å². The van der Waals surface area contributed by atoms with Gasteiger partial charge < -0.3 is 10.3 Å². The van der Waals surface area contributed by atoms with E-state index in [4.69, 9.17) is 17.3 Å². The summed E-state index contributed by atoms with van der Waals surface area (Å²) in [4.78, 5) is 15.8. The van der Waals surface area contributed by atoms with Crippen LogP contribution in [0.1, 0.15) is 6.42 Å². The van der Waals surface area contributed by atoms with Gasteiger partial charge in [0.05, 0.1) is 5.02 Å². The number of nitrogens with zero attached hydrogens (tertiary/aromatic N) is 2. The summed E-state index contributed by atoms with van der Waals surface area (Å²) in [6.07, 6.45) is 4.23. The molecule has 0 saturated carbocycles. The third kappa shape index (κ3) is 4.01. The molecule has 0 bridgehead atoms. The number of thioether (sulfide) groups is 1. The summed E-state index contributed by atoms with van der Waals surface area (Å²) in [7, 11) is 0.